The molecule has 0 aromatic rings. The van der Waals surface area contributed by atoms with E-state index in [-0.39, 0.29) is 19.1 Å². The molecule has 16 heavy (non-hydrogen) atoms. The molecule has 0 fully saturated rings. The zero-order chi connectivity index (χ0) is 12.6. The first kappa shape index (κ1) is 14.7. The molecular weight excluding hydrogens is 208 g/mol. The molecule has 0 aliphatic heterocycles. The maximum atomic E-state index is 11.6. The SMILES string of the molecule is C=CCOC(=O)C(C(=O)OCC)C(C)CC. The number of esters is 2. The molecule has 0 bridgehead atoms. The summed E-state index contributed by atoms with van der Waals surface area (Å²) in [6.07, 6.45) is 2.18. The van der Waals surface area contributed by atoms with Gasteiger partial charge in [0.1, 0.15) is 6.61 Å². The summed E-state index contributed by atoms with van der Waals surface area (Å²) in [6.45, 7) is 9.28. The van der Waals surface area contributed by atoms with Crippen LogP contribution in [0.5, 0.6) is 0 Å². The quantitative estimate of drug-likeness (QED) is 0.379. The maximum absolute atomic E-state index is 11.6. The summed E-state index contributed by atoms with van der Waals surface area (Å²) < 4.78 is 9.75. The van der Waals surface area contributed by atoms with Gasteiger partial charge in [-0.05, 0) is 12.8 Å². The average Bonchev–Trinajstić information content (AvgIpc) is 2.26. The lowest BCUT2D eigenvalue weighted by Gasteiger charge is -2.19. The Morgan fingerprint density at radius 3 is 2.25 bits per heavy atom. The van der Waals surface area contributed by atoms with Crippen LogP contribution in [0.4, 0.5) is 0 Å². The van der Waals surface area contributed by atoms with E-state index >= 15 is 0 Å². The summed E-state index contributed by atoms with van der Waals surface area (Å²) in [4.78, 5) is 23.2. The van der Waals surface area contributed by atoms with Crippen LogP contribution in [0.15, 0.2) is 12.7 Å². The van der Waals surface area contributed by atoms with Gasteiger partial charge in [-0.2, -0.15) is 0 Å². The first-order chi connectivity index (χ1) is 7.58. The van der Waals surface area contributed by atoms with E-state index in [1.54, 1.807) is 6.92 Å². The Morgan fingerprint density at radius 1 is 1.25 bits per heavy atom. The second kappa shape index (κ2) is 7.91. The normalized spacial score (nSPS) is 13.7. The third-order valence-corrected chi connectivity index (χ3v) is 2.35. The molecule has 0 aliphatic carbocycles. The van der Waals surface area contributed by atoms with Gasteiger partial charge in [0.05, 0.1) is 6.61 Å². The van der Waals surface area contributed by atoms with Gasteiger partial charge in [0.25, 0.3) is 0 Å². The lowest BCUT2D eigenvalue weighted by molar-refractivity contribution is -0.163. The smallest absolute Gasteiger partial charge is 0.320 e. The molecule has 2 unspecified atom stereocenters. The summed E-state index contributed by atoms with van der Waals surface area (Å²) in [7, 11) is 0. The van der Waals surface area contributed by atoms with Crippen LogP contribution < -0.4 is 0 Å². The minimum Gasteiger partial charge on any atom is -0.465 e. The van der Waals surface area contributed by atoms with Crippen LogP contribution >= 0.6 is 0 Å². The lowest BCUT2D eigenvalue weighted by Crippen LogP contribution is -2.33. The van der Waals surface area contributed by atoms with Gasteiger partial charge >= 0.3 is 11.9 Å². The summed E-state index contributed by atoms with van der Waals surface area (Å²) in [5, 5.41) is 0. The standard InChI is InChI=1S/C12H20O4/c1-5-8-16-12(14)10(9(4)6-2)11(13)15-7-3/h5,9-10H,1,6-8H2,2-4H3. The van der Waals surface area contributed by atoms with Crippen LogP contribution in [-0.2, 0) is 19.1 Å². The third-order valence-electron chi connectivity index (χ3n) is 2.35. The van der Waals surface area contributed by atoms with Crippen molar-refractivity contribution in [2.24, 2.45) is 11.8 Å². The van der Waals surface area contributed by atoms with E-state index in [0.29, 0.717) is 6.42 Å². The predicted octanol–water partition coefficient (Wildman–Crippen LogP) is 1.94. The first-order valence-corrected chi connectivity index (χ1v) is 5.52. The average molecular weight is 228 g/mol. The molecule has 92 valence electrons. The molecule has 2 atom stereocenters. The van der Waals surface area contributed by atoms with E-state index in [2.05, 4.69) is 6.58 Å². The fourth-order valence-electron chi connectivity index (χ4n) is 1.26. The minimum atomic E-state index is -0.829. The topological polar surface area (TPSA) is 52.6 Å². The van der Waals surface area contributed by atoms with Gasteiger partial charge in [0.2, 0.25) is 0 Å². The zero-order valence-corrected chi connectivity index (χ0v) is 10.2. The van der Waals surface area contributed by atoms with Crippen molar-refractivity contribution in [3.05, 3.63) is 12.7 Å². The Balaban J connectivity index is 4.58. The van der Waals surface area contributed by atoms with Gasteiger partial charge in [0, 0.05) is 0 Å². The molecule has 0 saturated heterocycles. The monoisotopic (exact) mass is 228 g/mol. The van der Waals surface area contributed by atoms with Gasteiger partial charge in [-0.25, -0.2) is 0 Å². The fraction of sp³-hybridized carbons (Fsp3) is 0.667. The second-order valence-electron chi connectivity index (χ2n) is 3.53. The number of ether oxygens (including phenoxy) is 2. The summed E-state index contributed by atoms with van der Waals surface area (Å²) in [5.74, 6) is -1.96. The van der Waals surface area contributed by atoms with Crippen LogP contribution in [0.25, 0.3) is 0 Å². The molecule has 0 rings (SSSR count). The van der Waals surface area contributed by atoms with Crippen molar-refractivity contribution in [1.82, 2.24) is 0 Å². The first-order valence-electron chi connectivity index (χ1n) is 5.52. The highest BCUT2D eigenvalue weighted by Crippen LogP contribution is 2.18. The fourth-order valence-corrected chi connectivity index (χ4v) is 1.26. The third kappa shape index (κ3) is 4.47. The van der Waals surface area contributed by atoms with E-state index in [1.807, 2.05) is 13.8 Å². The summed E-state index contributed by atoms with van der Waals surface area (Å²) >= 11 is 0. The largest absolute Gasteiger partial charge is 0.465 e. The van der Waals surface area contributed by atoms with Gasteiger partial charge in [-0.3, -0.25) is 9.59 Å². The molecule has 0 radical (unpaired) electrons. The van der Waals surface area contributed by atoms with Crippen molar-refractivity contribution < 1.29 is 19.1 Å². The Bertz CT molecular complexity index is 247. The molecule has 0 amide bonds. The summed E-state index contributed by atoms with van der Waals surface area (Å²) in [6, 6.07) is 0. The molecule has 4 nitrogen and oxygen atoms in total. The van der Waals surface area contributed by atoms with Crippen molar-refractivity contribution in [3.63, 3.8) is 0 Å². The van der Waals surface area contributed by atoms with Gasteiger partial charge < -0.3 is 9.47 Å². The van der Waals surface area contributed by atoms with E-state index < -0.39 is 17.9 Å². The number of rotatable bonds is 7. The Labute approximate surface area is 96.6 Å². The van der Waals surface area contributed by atoms with E-state index in [4.69, 9.17) is 9.47 Å². The second-order valence-corrected chi connectivity index (χ2v) is 3.53. The minimum absolute atomic E-state index is 0.0867. The Kier molecular flexibility index (Phi) is 7.25. The molecular formula is C12H20O4. The van der Waals surface area contributed by atoms with Crippen LogP contribution in [0, 0.1) is 11.8 Å². The highest BCUT2D eigenvalue weighted by Gasteiger charge is 2.33. The number of hydrogen-bond acceptors (Lipinski definition) is 4. The van der Waals surface area contributed by atoms with Crippen molar-refractivity contribution >= 4 is 11.9 Å². The predicted molar refractivity (Wildman–Crippen MR) is 60.7 cm³/mol. The summed E-state index contributed by atoms with van der Waals surface area (Å²) in [5.41, 5.74) is 0. The lowest BCUT2D eigenvalue weighted by atomic mass is 9.92. The Hall–Kier alpha value is -1.32. The van der Waals surface area contributed by atoms with Crippen LogP contribution in [-0.4, -0.2) is 25.2 Å². The molecule has 4 heteroatoms. The number of hydrogen-bond donors (Lipinski definition) is 0. The highest BCUT2D eigenvalue weighted by molar-refractivity contribution is 5.95. The van der Waals surface area contributed by atoms with E-state index in [1.165, 1.54) is 6.08 Å². The molecule has 0 N–H and O–H groups in total. The van der Waals surface area contributed by atoms with Crippen molar-refractivity contribution in [3.8, 4) is 0 Å². The molecule has 0 aromatic carbocycles. The number of carbonyl (C=O) groups is 2. The van der Waals surface area contributed by atoms with Crippen LogP contribution in [0.3, 0.4) is 0 Å². The molecule has 0 aliphatic rings. The van der Waals surface area contributed by atoms with Crippen molar-refractivity contribution in [1.29, 1.82) is 0 Å². The van der Waals surface area contributed by atoms with Crippen molar-refractivity contribution in [2.45, 2.75) is 27.2 Å². The highest BCUT2D eigenvalue weighted by atomic mass is 16.6. The van der Waals surface area contributed by atoms with Crippen molar-refractivity contribution in [2.75, 3.05) is 13.2 Å². The van der Waals surface area contributed by atoms with E-state index in [0.717, 1.165) is 0 Å². The molecule has 0 saturated carbocycles. The zero-order valence-electron chi connectivity index (χ0n) is 10.2. The van der Waals surface area contributed by atoms with E-state index in [9.17, 15) is 9.59 Å². The van der Waals surface area contributed by atoms with Gasteiger partial charge in [0.15, 0.2) is 5.92 Å². The van der Waals surface area contributed by atoms with Gasteiger partial charge in [-0.15, -0.1) is 0 Å². The molecule has 0 aromatic heterocycles. The Morgan fingerprint density at radius 2 is 1.81 bits per heavy atom. The molecule has 0 spiro atoms. The van der Waals surface area contributed by atoms with Gasteiger partial charge in [-0.1, -0.05) is 32.9 Å². The molecule has 0 heterocycles. The number of carbonyl (C=O) groups excluding carboxylic acids is 2. The maximum Gasteiger partial charge on any atom is 0.320 e. The van der Waals surface area contributed by atoms with Crippen LogP contribution in [0.2, 0.25) is 0 Å². The van der Waals surface area contributed by atoms with Crippen LogP contribution in [0.1, 0.15) is 27.2 Å².